The summed E-state index contributed by atoms with van der Waals surface area (Å²) in [4.78, 5) is 0.315. The Hall–Kier alpha value is -0.640. The summed E-state index contributed by atoms with van der Waals surface area (Å²) in [5.74, 6) is 0. The van der Waals surface area contributed by atoms with Gasteiger partial charge in [0.1, 0.15) is 0 Å². The normalized spacial score (nSPS) is 11.8. The molecule has 0 fully saturated rings. The molecule has 0 radical (unpaired) electrons. The summed E-state index contributed by atoms with van der Waals surface area (Å²) in [6, 6.07) is 4.22. The van der Waals surface area contributed by atoms with Gasteiger partial charge in [-0.2, -0.15) is 13.2 Å². The van der Waals surface area contributed by atoms with Crippen LogP contribution in [0.25, 0.3) is 0 Å². The highest BCUT2D eigenvalue weighted by Crippen LogP contribution is 2.37. The van der Waals surface area contributed by atoms with Crippen LogP contribution in [0.2, 0.25) is 0 Å². The quantitative estimate of drug-likeness (QED) is 0.631. The van der Waals surface area contributed by atoms with Gasteiger partial charge in [-0.25, -0.2) is 0 Å². The van der Waals surface area contributed by atoms with Crippen molar-refractivity contribution in [3.63, 3.8) is 0 Å². The molecule has 1 rings (SSSR count). The van der Waals surface area contributed by atoms with E-state index >= 15 is 0 Å². The molecule has 0 aromatic heterocycles. The lowest BCUT2D eigenvalue weighted by molar-refractivity contribution is -0.139. The third kappa shape index (κ3) is 2.18. The van der Waals surface area contributed by atoms with Crippen LogP contribution in [0, 0.1) is 6.92 Å². The van der Waals surface area contributed by atoms with E-state index in [1.807, 2.05) is 0 Å². The molecule has 0 saturated heterocycles. The Bertz CT molecular complexity index is 304. The second-order valence-corrected chi connectivity index (χ2v) is 3.47. The highest BCUT2D eigenvalue weighted by molar-refractivity contribution is 7.98. The van der Waals surface area contributed by atoms with Crippen LogP contribution in [-0.2, 0) is 6.18 Å². The molecule has 0 aliphatic carbocycles. The van der Waals surface area contributed by atoms with Crippen LogP contribution in [0.15, 0.2) is 23.1 Å². The molecule has 4 heteroatoms. The van der Waals surface area contributed by atoms with Crippen molar-refractivity contribution < 1.29 is 13.2 Å². The second-order valence-electron chi connectivity index (χ2n) is 2.65. The van der Waals surface area contributed by atoms with E-state index in [0.29, 0.717) is 10.5 Å². The minimum Gasteiger partial charge on any atom is -0.166 e. The lowest BCUT2D eigenvalue weighted by Gasteiger charge is -2.12. The number of aryl methyl sites for hydroxylation is 1. The van der Waals surface area contributed by atoms with E-state index in [1.54, 1.807) is 19.2 Å². The van der Waals surface area contributed by atoms with Gasteiger partial charge < -0.3 is 0 Å². The number of rotatable bonds is 1. The van der Waals surface area contributed by atoms with Crippen LogP contribution in [0.5, 0.6) is 0 Å². The van der Waals surface area contributed by atoms with Crippen molar-refractivity contribution in [1.29, 1.82) is 0 Å². The summed E-state index contributed by atoms with van der Waals surface area (Å²) in [7, 11) is 0. The van der Waals surface area contributed by atoms with E-state index in [4.69, 9.17) is 0 Å². The molecule has 13 heavy (non-hydrogen) atoms. The Kier molecular flexibility index (Phi) is 2.91. The Morgan fingerprint density at radius 1 is 1.23 bits per heavy atom. The number of thioether (sulfide) groups is 1. The molecule has 0 bridgehead atoms. The zero-order chi connectivity index (χ0) is 10.1. The van der Waals surface area contributed by atoms with Crippen molar-refractivity contribution in [2.24, 2.45) is 0 Å². The van der Waals surface area contributed by atoms with Crippen molar-refractivity contribution in [2.75, 3.05) is 6.26 Å². The van der Waals surface area contributed by atoms with Crippen LogP contribution in [0.4, 0.5) is 13.2 Å². The zero-order valence-electron chi connectivity index (χ0n) is 7.27. The maximum atomic E-state index is 12.4. The Balaban J connectivity index is 3.29. The number of hydrogen-bond acceptors (Lipinski definition) is 1. The standard InChI is InChI=1S/C9H9F3S/c1-6-4-3-5-7(8(6)13-2)9(10,11)12/h3-5H,1-2H3. The van der Waals surface area contributed by atoms with Gasteiger partial charge in [0.2, 0.25) is 0 Å². The van der Waals surface area contributed by atoms with E-state index in [9.17, 15) is 13.2 Å². The molecule has 72 valence electrons. The van der Waals surface area contributed by atoms with Gasteiger partial charge in [-0.3, -0.25) is 0 Å². The van der Waals surface area contributed by atoms with Crippen LogP contribution in [-0.4, -0.2) is 6.26 Å². The maximum Gasteiger partial charge on any atom is 0.417 e. The number of alkyl halides is 3. The molecular formula is C9H9F3S. The molecule has 0 unspecified atom stereocenters. The van der Waals surface area contributed by atoms with Crippen LogP contribution in [0.3, 0.4) is 0 Å². The average molecular weight is 206 g/mol. The van der Waals surface area contributed by atoms with E-state index in [2.05, 4.69) is 0 Å². The molecule has 0 atom stereocenters. The number of halogens is 3. The third-order valence-corrected chi connectivity index (χ3v) is 2.67. The molecule has 0 N–H and O–H groups in total. The van der Waals surface area contributed by atoms with Crippen molar-refractivity contribution >= 4 is 11.8 Å². The highest BCUT2D eigenvalue weighted by Gasteiger charge is 2.33. The lowest BCUT2D eigenvalue weighted by atomic mass is 10.1. The van der Waals surface area contributed by atoms with Crippen LogP contribution >= 0.6 is 11.8 Å². The molecular weight excluding hydrogens is 197 g/mol. The predicted octanol–water partition coefficient (Wildman–Crippen LogP) is 3.74. The monoisotopic (exact) mass is 206 g/mol. The Morgan fingerprint density at radius 2 is 1.85 bits per heavy atom. The first-order valence-electron chi connectivity index (χ1n) is 3.67. The Morgan fingerprint density at radius 3 is 2.23 bits per heavy atom. The topological polar surface area (TPSA) is 0 Å². The third-order valence-electron chi connectivity index (χ3n) is 1.72. The fraction of sp³-hybridized carbons (Fsp3) is 0.333. The van der Waals surface area contributed by atoms with Gasteiger partial charge in [0.05, 0.1) is 5.56 Å². The molecule has 1 aromatic rings. The molecule has 0 spiro atoms. The summed E-state index contributed by atoms with van der Waals surface area (Å²) in [6.45, 7) is 1.68. The summed E-state index contributed by atoms with van der Waals surface area (Å²) < 4.78 is 37.2. The van der Waals surface area contributed by atoms with Gasteiger partial charge in [-0.15, -0.1) is 11.8 Å². The van der Waals surface area contributed by atoms with Crippen LogP contribution < -0.4 is 0 Å². The molecule has 0 amide bonds. The zero-order valence-corrected chi connectivity index (χ0v) is 8.09. The van der Waals surface area contributed by atoms with Crippen LogP contribution in [0.1, 0.15) is 11.1 Å². The average Bonchev–Trinajstić information content (AvgIpc) is 2.02. The summed E-state index contributed by atoms with van der Waals surface area (Å²) in [5, 5.41) is 0. The van der Waals surface area contributed by atoms with E-state index in [1.165, 1.54) is 6.07 Å². The van der Waals surface area contributed by atoms with E-state index in [-0.39, 0.29) is 0 Å². The lowest BCUT2D eigenvalue weighted by Crippen LogP contribution is -2.07. The van der Waals surface area contributed by atoms with Crippen molar-refractivity contribution in [3.05, 3.63) is 29.3 Å². The summed E-state index contributed by atoms with van der Waals surface area (Å²) in [6.07, 6.45) is -2.60. The van der Waals surface area contributed by atoms with Gasteiger partial charge in [0, 0.05) is 4.90 Å². The number of hydrogen-bond donors (Lipinski definition) is 0. The minimum absolute atomic E-state index is 0.315. The SMILES string of the molecule is CSc1c(C)cccc1C(F)(F)F. The first-order chi connectivity index (χ1) is 5.96. The fourth-order valence-electron chi connectivity index (χ4n) is 1.15. The first kappa shape index (κ1) is 10.4. The molecule has 0 heterocycles. The highest BCUT2D eigenvalue weighted by atomic mass is 32.2. The molecule has 1 aromatic carbocycles. The predicted molar refractivity (Wildman–Crippen MR) is 48.0 cm³/mol. The van der Waals surface area contributed by atoms with Gasteiger partial charge in [0.15, 0.2) is 0 Å². The van der Waals surface area contributed by atoms with Crippen molar-refractivity contribution in [3.8, 4) is 0 Å². The van der Waals surface area contributed by atoms with E-state index in [0.717, 1.165) is 17.8 Å². The van der Waals surface area contributed by atoms with E-state index < -0.39 is 11.7 Å². The fourth-order valence-corrected chi connectivity index (χ4v) is 1.94. The van der Waals surface area contributed by atoms with Gasteiger partial charge in [-0.1, -0.05) is 12.1 Å². The molecule has 0 aliphatic rings. The number of benzene rings is 1. The van der Waals surface area contributed by atoms with Crippen molar-refractivity contribution in [1.82, 2.24) is 0 Å². The summed E-state index contributed by atoms with van der Waals surface area (Å²) >= 11 is 1.13. The second kappa shape index (κ2) is 3.62. The van der Waals surface area contributed by atoms with Crippen molar-refractivity contribution in [2.45, 2.75) is 18.0 Å². The van der Waals surface area contributed by atoms with Gasteiger partial charge in [-0.05, 0) is 24.8 Å². The Labute approximate surface area is 79.1 Å². The maximum absolute atomic E-state index is 12.4. The van der Waals surface area contributed by atoms with Gasteiger partial charge >= 0.3 is 6.18 Å². The first-order valence-corrected chi connectivity index (χ1v) is 4.90. The smallest absolute Gasteiger partial charge is 0.166 e. The summed E-state index contributed by atoms with van der Waals surface area (Å²) in [5.41, 5.74) is 0.127. The minimum atomic E-state index is -4.25. The largest absolute Gasteiger partial charge is 0.417 e. The molecule has 0 nitrogen and oxygen atoms in total. The molecule has 0 aliphatic heterocycles. The molecule has 0 saturated carbocycles. The van der Waals surface area contributed by atoms with Gasteiger partial charge in [0.25, 0.3) is 0 Å².